The SMILES string of the molecule is Cc1cnc(C(=O)N2CC(n3cc(COc4ccccc4)nn3)C2)cn1. The first kappa shape index (κ1) is 16.2. The van der Waals surface area contributed by atoms with Gasteiger partial charge in [-0.25, -0.2) is 9.67 Å². The Morgan fingerprint density at radius 1 is 1.19 bits per heavy atom. The molecule has 1 aliphatic rings. The molecule has 0 N–H and O–H groups in total. The van der Waals surface area contributed by atoms with Gasteiger partial charge in [0.15, 0.2) is 0 Å². The van der Waals surface area contributed by atoms with Crippen LogP contribution in [0.3, 0.4) is 0 Å². The van der Waals surface area contributed by atoms with Crippen LogP contribution < -0.4 is 4.74 Å². The van der Waals surface area contributed by atoms with Crippen LogP contribution in [0.25, 0.3) is 0 Å². The van der Waals surface area contributed by atoms with Gasteiger partial charge >= 0.3 is 0 Å². The molecule has 0 bridgehead atoms. The lowest BCUT2D eigenvalue weighted by molar-refractivity contribution is 0.0492. The van der Waals surface area contributed by atoms with Crippen molar-refractivity contribution >= 4 is 5.91 Å². The van der Waals surface area contributed by atoms with Gasteiger partial charge in [0.25, 0.3) is 5.91 Å². The summed E-state index contributed by atoms with van der Waals surface area (Å²) >= 11 is 0. The van der Waals surface area contributed by atoms with Gasteiger partial charge in [-0.05, 0) is 19.1 Å². The molecular weight excluding hydrogens is 332 g/mol. The molecule has 1 amide bonds. The molecule has 8 nitrogen and oxygen atoms in total. The highest BCUT2D eigenvalue weighted by Gasteiger charge is 2.34. The lowest BCUT2D eigenvalue weighted by Crippen LogP contribution is -2.51. The normalized spacial score (nSPS) is 14.1. The number of rotatable bonds is 5. The highest BCUT2D eigenvalue weighted by Crippen LogP contribution is 2.22. The van der Waals surface area contributed by atoms with Gasteiger partial charge in [-0.15, -0.1) is 5.10 Å². The number of amides is 1. The minimum atomic E-state index is -0.110. The molecule has 2 aromatic heterocycles. The fourth-order valence-corrected chi connectivity index (χ4v) is 2.69. The highest BCUT2D eigenvalue weighted by atomic mass is 16.5. The van der Waals surface area contributed by atoms with E-state index in [1.54, 1.807) is 15.8 Å². The average Bonchev–Trinajstić information content (AvgIpc) is 3.08. The lowest BCUT2D eigenvalue weighted by atomic mass is 10.1. The zero-order valence-corrected chi connectivity index (χ0v) is 14.3. The first-order valence-corrected chi connectivity index (χ1v) is 8.35. The summed E-state index contributed by atoms with van der Waals surface area (Å²) in [6.07, 6.45) is 4.97. The van der Waals surface area contributed by atoms with Gasteiger partial charge in [-0.1, -0.05) is 23.4 Å². The van der Waals surface area contributed by atoms with Gasteiger partial charge in [0.2, 0.25) is 0 Å². The summed E-state index contributed by atoms with van der Waals surface area (Å²) in [7, 11) is 0. The van der Waals surface area contributed by atoms with E-state index in [-0.39, 0.29) is 11.9 Å². The number of benzene rings is 1. The van der Waals surface area contributed by atoms with Crippen LogP contribution in [-0.4, -0.2) is 48.9 Å². The molecule has 3 heterocycles. The van der Waals surface area contributed by atoms with Crippen molar-refractivity contribution in [2.45, 2.75) is 19.6 Å². The topological polar surface area (TPSA) is 86.0 Å². The van der Waals surface area contributed by atoms with Crippen LogP contribution in [0.1, 0.15) is 27.9 Å². The Bertz CT molecular complexity index is 888. The Hall–Kier alpha value is -3.29. The largest absolute Gasteiger partial charge is 0.487 e. The fourth-order valence-electron chi connectivity index (χ4n) is 2.69. The lowest BCUT2D eigenvalue weighted by Gasteiger charge is -2.38. The van der Waals surface area contributed by atoms with E-state index in [0.29, 0.717) is 25.4 Å². The van der Waals surface area contributed by atoms with E-state index < -0.39 is 0 Å². The van der Waals surface area contributed by atoms with Crippen LogP contribution in [0.5, 0.6) is 5.75 Å². The van der Waals surface area contributed by atoms with Crippen molar-refractivity contribution in [2.24, 2.45) is 0 Å². The van der Waals surface area contributed by atoms with Crippen molar-refractivity contribution in [3.8, 4) is 5.75 Å². The molecule has 0 saturated carbocycles. The second kappa shape index (κ2) is 6.91. The number of ether oxygens (including phenoxy) is 1. The third-order valence-corrected chi connectivity index (χ3v) is 4.21. The molecule has 0 radical (unpaired) electrons. The maximum absolute atomic E-state index is 12.3. The molecule has 1 aliphatic heterocycles. The molecule has 4 rings (SSSR count). The molecule has 3 aromatic rings. The number of aryl methyl sites for hydroxylation is 1. The summed E-state index contributed by atoms with van der Waals surface area (Å²) in [5.74, 6) is 0.683. The van der Waals surface area contributed by atoms with E-state index in [9.17, 15) is 4.79 Å². The molecule has 8 heteroatoms. The predicted molar refractivity (Wildman–Crippen MR) is 92.5 cm³/mol. The standard InChI is InChI=1S/C18H18N6O2/c1-13-7-20-17(8-19-13)18(25)23-10-15(11-23)24-9-14(21-22-24)12-26-16-5-3-2-4-6-16/h2-9,15H,10-12H2,1H3. The van der Waals surface area contributed by atoms with E-state index in [1.807, 2.05) is 43.5 Å². The highest BCUT2D eigenvalue weighted by molar-refractivity contribution is 5.92. The fraction of sp³-hybridized carbons (Fsp3) is 0.278. The molecule has 0 unspecified atom stereocenters. The Morgan fingerprint density at radius 2 is 2.00 bits per heavy atom. The number of nitrogens with zero attached hydrogens (tertiary/aromatic N) is 6. The third kappa shape index (κ3) is 3.39. The number of para-hydroxylation sites is 1. The summed E-state index contributed by atoms with van der Waals surface area (Å²) in [5.41, 5.74) is 1.91. The zero-order valence-electron chi connectivity index (χ0n) is 14.3. The summed E-state index contributed by atoms with van der Waals surface area (Å²) in [6, 6.07) is 9.70. The number of hydrogen-bond donors (Lipinski definition) is 0. The number of aromatic nitrogens is 5. The molecule has 132 valence electrons. The van der Waals surface area contributed by atoms with Crippen molar-refractivity contribution in [1.29, 1.82) is 0 Å². The molecule has 1 saturated heterocycles. The minimum absolute atomic E-state index is 0.110. The van der Waals surface area contributed by atoms with E-state index in [4.69, 9.17) is 4.74 Å². The minimum Gasteiger partial charge on any atom is -0.487 e. The Kier molecular flexibility index (Phi) is 4.30. The maximum Gasteiger partial charge on any atom is 0.274 e. The van der Waals surface area contributed by atoms with Crippen molar-refractivity contribution in [1.82, 2.24) is 29.9 Å². The predicted octanol–water partition coefficient (Wildman–Crippen LogP) is 1.65. The second-order valence-electron chi connectivity index (χ2n) is 6.20. The van der Waals surface area contributed by atoms with E-state index in [2.05, 4.69) is 20.3 Å². The van der Waals surface area contributed by atoms with Gasteiger partial charge in [-0.2, -0.15) is 0 Å². The van der Waals surface area contributed by atoms with Gasteiger partial charge in [0.1, 0.15) is 23.7 Å². The zero-order chi connectivity index (χ0) is 17.9. The van der Waals surface area contributed by atoms with Crippen LogP contribution in [-0.2, 0) is 6.61 Å². The monoisotopic (exact) mass is 350 g/mol. The van der Waals surface area contributed by atoms with E-state index in [0.717, 1.165) is 17.1 Å². The summed E-state index contributed by atoms with van der Waals surface area (Å²) in [5, 5.41) is 8.28. The van der Waals surface area contributed by atoms with Gasteiger partial charge in [0.05, 0.1) is 24.1 Å². The molecular formula is C18H18N6O2. The maximum atomic E-state index is 12.3. The summed E-state index contributed by atoms with van der Waals surface area (Å²) < 4.78 is 7.45. The number of carbonyl (C=O) groups is 1. The Labute approximate surface area is 150 Å². The number of likely N-dealkylation sites (tertiary alicyclic amines) is 1. The molecule has 26 heavy (non-hydrogen) atoms. The summed E-state index contributed by atoms with van der Waals surface area (Å²) in [4.78, 5) is 22.3. The first-order valence-electron chi connectivity index (χ1n) is 8.35. The quantitative estimate of drug-likeness (QED) is 0.695. The number of hydrogen-bond acceptors (Lipinski definition) is 6. The van der Waals surface area contributed by atoms with E-state index >= 15 is 0 Å². The molecule has 1 aromatic carbocycles. The van der Waals surface area contributed by atoms with Crippen molar-refractivity contribution < 1.29 is 9.53 Å². The van der Waals surface area contributed by atoms with Crippen LogP contribution in [0.2, 0.25) is 0 Å². The van der Waals surface area contributed by atoms with Crippen LogP contribution in [0.4, 0.5) is 0 Å². The van der Waals surface area contributed by atoms with Crippen LogP contribution >= 0.6 is 0 Å². The second-order valence-corrected chi connectivity index (χ2v) is 6.20. The number of carbonyl (C=O) groups excluding carboxylic acids is 1. The van der Waals surface area contributed by atoms with Gasteiger partial charge in [-0.3, -0.25) is 9.78 Å². The Morgan fingerprint density at radius 3 is 2.73 bits per heavy atom. The van der Waals surface area contributed by atoms with Gasteiger partial charge < -0.3 is 9.64 Å². The van der Waals surface area contributed by atoms with Gasteiger partial charge in [0, 0.05) is 19.3 Å². The molecule has 1 fully saturated rings. The molecule has 0 aliphatic carbocycles. The molecule has 0 spiro atoms. The van der Waals surface area contributed by atoms with Crippen molar-refractivity contribution in [3.63, 3.8) is 0 Å². The van der Waals surface area contributed by atoms with Crippen LogP contribution in [0, 0.1) is 6.92 Å². The average molecular weight is 350 g/mol. The van der Waals surface area contributed by atoms with E-state index in [1.165, 1.54) is 6.20 Å². The summed E-state index contributed by atoms with van der Waals surface area (Å²) in [6.45, 7) is 3.36. The third-order valence-electron chi connectivity index (χ3n) is 4.21. The Balaban J connectivity index is 1.31. The van der Waals surface area contributed by atoms with Crippen molar-refractivity contribution in [3.05, 3.63) is 66.0 Å². The van der Waals surface area contributed by atoms with Crippen molar-refractivity contribution in [2.75, 3.05) is 13.1 Å². The smallest absolute Gasteiger partial charge is 0.274 e. The molecule has 0 atom stereocenters. The van der Waals surface area contributed by atoms with Crippen LogP contribution in [0.15, 0.2) is 48.9 Å². The first-order chi connectivity index (χ1) is 12.7.